The highest BCUT2D eigenvalue weighted by Crippen LogP contribution is 2.38. The first kappa shape index (κ1) is 26.4. The Morgan fingerprint density at radius 2 is 1.62 bits per heavy atom. The molecular formula is C24H25NO8S. The SMILES string of the molecule is CCOC(=O)c1sc(CC(=O)/C(C#N)=C/c2cc(OC)c(O)c(OC)c2)c(C(=O)OCC)c1C. The smallest absolute Gasteiger partial charge is 0.348 e. The molecule has 0 aliphatic heterocycles. The average molecular weight is 488 g/mol. The Labute approximate surface area is 201 Å². The first-order chi connectivity index (χ1) is 16.2. The summed E-state index contributed by atoms with van der Waals surface area (Å²) >= 11 is 0.959. The lowest BCUT2D eigenvalue weighted by Crippen LogP contribution is -2.12. The van der Waals surface area contributed by atoms with Crippen LogP contribution in [0.15, 0.2) is 17.7 Å². The summed E-state index contributed by atoms with van der Waals surface area (Å²) in [6.07, 6.45) is 1.02. The number of allylic oxidation sites excluding steroid dienone is 1. The minimum Gasteiger partial charge on any atom is -0.502 e. The van der Waals surface area contributed by atoms with Crippen molar-refractivity contribution in [3.63, 3.8) is 0 Å². The van der Waals surface area contributed by atoms with Crippen LogP contribution in [0.4, 0.5) is 0 Å². The van der Waals surface area contributed by atoms with Crippen molar-refractivity contribution in [2.75, 3.05) is 27.4 Å². The van der Waals surface area contributed by atoms with Gasteiger partial charge < -0.3 is 24.1 Å². The summed E-state index contributed by atoms with van der Waals surface area (Å²) < 4.78 is 20.4. The van der Waals surface area contributed by atoms with Gasteiger partial charge in [-0.25, -0.2) is 9.59 Å². The van der Waals surface area contributed by atoms with Gasteiger partial charge in [0.2, 0.25) is 5.75 Å². The van der Waals surface area contributed by atoms with Crippen molar-refractivity contribution in [2.45, 2.75) is 27.2 Å². The number of hydrogen-bond donors (Lipinski definition) is 1. The number of carbonyl (C=O) groups is 3. The summed E-state index contributed by atoms with van der Waals surface area (Å²) in [6, 6.07) is 4.75. The maximum atomic E-state index is 13.0. The zero-order chi connectivity index (χ0) is 25.4. The molecule has 0 saturated heterocycles. The molecule has 0 spiro atoms. The predicted octanol–water partition coefficient (Wildman–Crippen LogP) is 3.85. The van der Waals surface area contributed by atoms with E-state index in [-0.39, 0.29) is 52.9 Å². The largest absolute Gasteiger partial charge is 0.502 e. The number of esters is 2. The van der Waals surface area contributed by atoms with Crippen LogP contribution in [0.25, 0.3) is 6.08 Å². The van der Waals surface area contributed by atoms with Crippen molar-refractivity contribution >= 4 is 35.1 Å². The number of nitrogens with zero attached hydrogens (tertiary/aromatic N) is 1. The molecule has 1 heterocycles. The Morgan fingerprint density at radius 3 is 2.12 bits per heavy atom. The van der Waals surface area contributed by atoms with Crippen molar-refractivity contribution in [3.05, 3.63) is 44.2 Å². The Kier molecular flexibility index (Phi) is 9.21. The number of phenols is 1. The minimum atomic E-state index is -0.662. The topological polar surface area (TPSA) is 132 Å². The predicted molar refractivity (Wildman–Crippen MR) is 124 cm³/mol. The van der Waals surface area contributed by atoms with Gasteiger partial charge in [-0.1, -0.05) is 0 Å². The number of ether oxygens (including phenoxy) is 4. The number of Topliss-reactive ketones (excluding diaryl/α,β-unsaturated/α-hetero) is 1. The average Bonchev–Trinajstić information content (AvgIpc) is 3.14. The molecule has 0 unspecified atom stereocenters. The molecule has 0 radical (unpaired) electrons. The third-order valence-electron chi connectivity index (χ3n) is 4.72. The molecule has 1 aromatic carbocycles. The summed E-state index contributed by atoms with van der Waals surface area (Å²) in [4.78, 5) is 38.4. The molecule has 9 nitrogen and oxygen atoms in total. The van der Waals surface area contributed by atoms with Crippen molar-refractivity contribution in [1.29, 1.82) is 5.26 Å². The first-order valence-corrected chi connectivity index (χ1v) is 11.1. The molecule has 0 amide bonds. The normalized spacial score (nSPS) is 10.9. The fourth-order valence-electron chi connectivity index (χ4n) is 3.14. The van der Waals surface area contributed by atoms with Gasteiger partial charge in [-0.3, -0.25) is 4.79 Å². The Morgan fingerprint density at radius 1 is 1.06 bits per heavy atom. The Balaban J connectivity index is 2.49. The number of nitriles is 1. The molecule has 10 heteroatoms. The molecule has 34 heavy (non-hydrogen) atoms. The third-order valence-corrected chi connectivity index (χ3v) is 5.99. The second-order valence-corrected chi connectivity index (χ2v) is 7.94. The second kappa shape index (κ2) is 11.9. The molecule has 1 aromatic heterocycles. The van der Waals surface area contributed by atoms with E-state index in [2.05, 4.69) is 0 Å². The van der Waals surface area contributed by atoms with Gasteiger partial charge >= 0.3 is 11.9 Å². The quantitative estimate of drug-likeness (QED) is 0.301. The second-order valence-electron chi connectivity index (χ2n) is 6.84. The highest BCUT2D eigenvalue weighted by atomic mass is 32.1. The summed E-state index contributed by atoms with van der Waals surface area (Å²) in [6.45, 7) is 5.16. The fraction of sp³-hybridized carbons (Fsp3) is 0.333. The number of benzene rings is 1. The van der Waals surface area contributed by atoms with E-state index >= 15 is 0 Å². The summed E-state index contributed by atoms with van der Waals surface area (Å²) in [5, 5.41) is 19.7. The van der Waals surface area contributed by atoms with Crippen LogP contribution in [0.2, 0.25) is 0 Å². The maximum absolute atomic E-state index is 13.0. The lowest BCUT2D eigenvalue weighted by molar-refractivity contribution is -0.114. The van der Waals surface area contributed by atoms with E-state index < -0.39 is 17.7 Å². The fourth-order valence-corrected chi connectivity index (χ4v) is 4.32. The monoisotopic (exact) mass is 487 g/mol. The zero-order valence-corrected chi connectivity index (χ0v) is 20.3. The summed E-state index contributed by atoms with van der Waals surface area (Å²) in [5.74, 6) is -1.85. The van der Waals surface area contributed by atoms with E-state index in [1.165, 1.54) is 32.4 Å². The number of hydrogen-bond acceptors (Lipinski definition) is 10. The van der Waals surface area contributed by atoms with E-state index in [1.54, 1.807) is 20.8 Å². The van der Waals surface area contributed by atoms with Gasteiger partial charge in [0, 0.05) is 11.3 Å². The van der Waals surface area contributed by atoms with Gasteiger partial charge in [-0.2, -0.15) is 5.26 Å². The number of ketones is 1. The van der Waals surface area contributed by atoms with Crippen LogP contribution in [0, 0.1) is 18.3 Å². The van der Waals surface area contributed by atoms with E-state index in [1.807, 2.05) is 6.07 Å². The van der Waals surface area contributed by atoms with Gasteiger partial charge in [0.05, 0.1) is 38.6 Å². The van der Waals surface area contributed by atoms with Crippen molar-refractivity contribution in [3.8, 4) is 23.3 Å². The van der Waals surface area contributed by atoms with Gasteiger partial charge in [0.25, 0.3) is 0 Å². The molecular weight excluding hydrogens is 462 g/mol. The maximum Gasteiger partial charge on any atom is 0.348 e. The molecule has 0 aliphatic rings. The summed E-state index contributed by atoms with van der Waals surface area (Å²) in [5.41, 5.74) is 0.665. The minimum absolute atomic E-state index is 0.105. The van der Waals surface area contributed by atoms with Gasteiger partial charge in [-0.15, -0.1) is 11.3 Å². The van der Waals surface area contributed by atoms with Crippen molar-refractivity contribution < 1.29 is 38.4 Å². The number of phenolic OH excluding ortho intramolecular Hbond substituents is 1. The number of carbonyl (C=O) groups excluding carboxylic acids is 3. The van der Waals surface area contributed by atoms with Crippen LogP contribution in [0.5, 0.6) is 17.2 Å². The van der Waals surface area contributed by atoms with Crippen LogP contribution in [-0.4, -0.2) is 50.3 Å². The molecule has 0 fully saturated rings. The number of rotatable bonds is 10. The number of thiophene rings is 1. The number of methoxy groups -OCH3 is 2. The highest BCUT2D eigenvalue weighted by Gasteiger charge is 2.28. The van der Waals surface area contributed by atoms with E-state index in [9.17, 15) is 24.8 Å². The zero-order valence-electron chi connectivity index (χ0n) is 19.5. The molecule has 180 valence electrons. The van der Waals surface area contributed by atoms with E-state index in [0.29, 0.717) is 16.0 Å². The molecule has 0 bridgehead atoms. The third kappa shape index (κ3) is 5.74. The van der Waals surface area contributed by atoms with Gasteiger partial charge in [0.15, 0.2) is 17.3 Å². The Bertz CT molecular complexity index is 1150. The van der Waals surface area contributed by atoms with Gasteiger partial charge in [0.1, 0.15) is 10.9 Å². The molecule has 0 saturated carbocycles. The lowest BCUT2D eigenvalue weighted by atomic mass is 10.0. The molecule has 0 aliphatic carbocycles. The lowest BCUT2D eigenvalue weighted by Gasteiger charge is -2.09. The summed E-state index contributed by atoms with van der Waals surface area (Å²) in [7, 11) is 2.71. The Hall–Kier alpha value is -3.84. The van der Waals surface area contributed by atoms with Gasteiger partial charge in [-0.05, 0) is 50.1 Å². The van der Waals surface area contributed by atoms with Crippen molar-refractivity contribution in [2.24, 2.45) is 0 Å². The molecule has 2 rings (SSSR count). The van der Waals surface area contributed by atoms with E-state index in [4.69, 9.17) is 18.9 Å². The molecule has 2 aromatic rings. The van der Waals surface area contributed by atoms with Crippen LogP contribution >= 0.6 is 11.3 Å². The van der Waals surface area contributed by atoms with Crippen LogP contribution < -0.4 is 9.47 Å². The standard InChI is InChI=1S/C24H25NO8S/c1-6-32-23(28)20-13(3)22(24(29)33-7-2)34-19(20)11-16(26)15(12-25)8-14-9-17(30-4)21(27)18(10-14)31-5/h8-10,27H,6-7,11H2,1-5H3/b15-8+. The first-order valence-electron chi connectivity index (χ1n) is 10.3. The van der Waals surface area contributed by atoms with Crippen LogP contribution in [-0.2, 0) is 20.7 Å². The molecule has 0 atom stereocenters. The number of aromatic hydroxyl groups is 1. The van der Waals surface area contributed by atoms with Crippen LogP contribution in [0.1, 0.15) is 49.9 Å². The van der Waals surface area contributed by atoms with Crippen LogP contribution in [0.3, 0.4) is 0 Å². The molecule has 1 N–H and O–H groups in total. The highest BCUT2D eigenvalue weighted by molar-refractivity contribution is 7.14. The van der Waals surface area contributed by atoms with E-state index in [0.717, 1.165) is 11.3 Å². The van der Waals surface area contributed by atoms with Crippen molar-refractivity contribution in [1.82, 2.24) is 0 Å².